The van der Waals surface area contributed by atoms with Gasteiger partial charge in [0.05, 0.1) is 37.0 Å². The van der Waals surface area contributed by atoms with Crippen molar-refractivity contribution >= 4 is 17.3 Å². The molecule has 0 aromatic carbocycles. The zero-order chi connectivity index (χ0) is 21.4. The van der Waals surface area contributed by atoms with Crippen molar-refractivity contribution in [2.45, 2.75) is 51.9 Å². The Morgan fingerprint density at radius 2 is 2.13 bits per heavy atom. The van der Waals surface area contributed by atoms with Crippen molar-refractivity contribution in [3.63, 3.8) is 0 Å². The topological polar surface area (TPSA) is 78.1 Å². The van der Waals surface area contributed by atoms with Crippen LogP contribution in [-0.4, -0.2) is 37.5 Å². The summed E-state index contributed by atoms with van der Waals surface area (Å²) >= 11 is 6.50. The summed E-state index contributed by atoms with van der Waals surface area (Å²) in [6.45, 7) is 4.72. The molecule has 1 saturated heterocycles. The third kappa shape index (κ3) is 3.97. The van der Waals surface area contributed by atoms with Crippen LogP contribution in [0.25, 0.3) is 0 Å². The quantitative estimate of drug-likeness (QED) is 0.620. The highest BCUT2D eigenvalue weighted by molar-refractivity contribution is 6.33. The number of pyridine rings is 1. The van der Waals surface area contributed by atoms with Crippen LogP contribution in [0.3, 0.4) is 0 Å². The number of aryl methyl sites for hydroxylation is 1. The number of rotatable bonds is 4. The number of anilines is 1. The van der Waals surface area contributed by atoms with Crippen molar-refractivity contribution in [2.24, 2.45) is 0 Å². The summed E-state index contributed by atoms with van der Waals surface area (Å²) in [5.74, 6) is 0. The number of nitrogens with zero attached hydrogens (tertiary/aromatic N) is 6. The molecule has 8 nitrogen and oxygen atoms in total. The summed E-state index contributed by atoms with van der Waals surface area (Å²) < 4.78 is 9.26. The Bertz CT molecular complexity index is 1130. The Labute approximate surface area is 185 Å². The van der Waals surface area contributed by atoms with Gasteiger partial charge in [0.1, 0.15) is 5.02 Å². The van der Waals surface area contributed by atoms with E-state index in [2.05, 4.69) is 30.6 Å². The van der Waals surface area contributed by atoms with Crippen molar-refractivity contribution in [2.75, 3.05) is 18.1 Å². The average molecular weight is 441 g/mol. The molecule has 162 valence electrons. The SMILES string of the molecule is Cc1ccc(Cn2cnc3c2CCN(c2cnn(C4CCCCO4)c(=O)c2Cl)C3)cn1. The van der Waals surface area contributed by atoms with Crippen molar-refractivity contribution in [1.82, 2.24) is 24.3 Å². The molecule has 9 heteroatoms. The molecule has 0 N–H and O–H groups in total. The maximum atomic E-state index is 12.8. The maximum Gasteiger partial charge on any atom is 0.290 e. The number of hydrogen-bond acceptors (Lipinski definition) is 6. The van der Waals surface area contributed by atoms with Crippen LogP contribution >= 0.6 is 11.6 Å². The molecule has 0 aliphatic carbocycles. The summed E-state index contributed by atoms with van der Waals surface area (Å²) in [6, 6.07) is 4.12. The second-order valence-electron chi connectivity index (χ2n) is 8.16. The van der Waals surface area contributed by atoms with Crippen LogP contribution in [0, 0.1) is 6.92 Å². The Morgan fingerprint density at radius 3 is 2.90 bits per heavy atom. The zero-order valence-electron chi connectivity index (χ0n) is 17.5. The molecule has 1 fully saturated rings. The van der Waals surface area contributed by atoms with Gasteiger partial charge in [-0.25, -0.2) is 4.98 Å². The molecule has 0 amide bonds. The average Bonchev–Trinajstić information content (AvgIpc) is 3.19. The monoisotopic (exact) mass is 440 g/mol. The first kappa shape index (κ1) is 20.2. The van der Waals surface area contributed by atoms with Gasteiger partial charge in [-0.05, 0) is 37.8 Å². The van der Waals surface area contributed by atoms with Crippen molar-refractivity contribution < 1.29 is 4.74 Å². The van der Waals surface area contributed by atoms with Gasteiger partial charge < -0.3 is 14.2 Å². The number of fused-ring (bicyclic) bond motifs is 1. The first-order valence-corrected chi connectivity index (χ1v) is 11.1. The Morgan fingerprint density at radius 1 is 1.23 bits per heavy atom. The highest BCUT2D eigenvalue weighted by atomic mass is 35.5. The van der Waals surface area contributed by atoms with Crippen LogP contribution in [0.2, 0.25) is 5.02 Å². The minimum absolute atomic E-state index is 0.192. The van der Waals surface area contributed by atoms with E-state index in [4.69, 9.17) is 16.3 Å². The Kier molecular flexibility index (Phi) is 5.50. The number of imidazole rings is 1. The molecular formula is C22H25ClN6O2. The first-order valence-electron chi connectivity index (χ1n) is 10.7. The normalized spacial score (nSPS) is 18.8. The fourth-order valence-corrected chi connectivity index (χ4v) is 4.53. The first-order chi connectivity index (χ1) is 15.1. The van der Waals surface area contributed by atoms with Gasteiger partial charge in [0.15, 0.2) is 6.23 Å². The second kappa shape index (κ2) is 8.43. The summed E-state index contributed by atoms with van der Waals surface area (Å²) in [5.41, 5.74) is 4.73. The standard InChI is InChI=1S/C22H25ClN6O2/c1-15-5-6-16(10-24-15)12-28-14-25-17-13-27(8-7-18(17)28)19-11-26-29(22(30)21(19)23)20-4-2-3-9-31-20/h5-6,10-11,14,20H,2-4,7-9,12-13H2,1H3. The van der Waals surface area contributed by atoms with Gasteiger partial charge in [-0.3, -0.25) is 9.78 Å². The summed E-state index contributed by atoms with van der Waals surface area (Å²) in [6.07, 6.45) is 8.78. The number of aromatic nitrogens is 5. The molecular weight excluding hydrogens is 416 g/mol. The predicted octanol–water partition coefficient (Wildman–Crippen LogP) is 3.11. The lowest BCUT2D eigenvalue weighted by atomic mass is 10.1. The molecule has 1 atom stereocenters. The minimum Gasteiger partial charge on any atom is -0.362 e. The third-order valence-electron chi connectivity index (χ3n) is 6.01. The van der Waals surface area contributed by atoms with E-state index in [9.17, 15) is 4.79 Å². The molecule has 3 aromatic rings. The van der Waals surface area contributed by atoms with Crippen molar-refractivity contribution in [3.05, 3.63) is 68.9 Å². The van der Waals surface area contributed by atoms with Crippen LogP contribution in [0.5, 0.6) is 0 Å². The van der Waals surface area contributed by atoms with Crippen LogP contribution in [-0.2, 0) is 24.2 Å². The van der Waals surface area contributed by atoms with Crippen molar-refractivity contribution in [1.29, 1.82) is 0 Å². The summed E-state index contributed by atoms with van der Waals surface area (Å²) in [5, 5.41) is 4.57. The van der Waals surface area contributed by atoms with Crippen LogP contribution in [0.15, 0.2) is 35.6 Å². The molecule has 2 aliphatic rings. The van der Waals surface area contributed by atoms with E-state index < -0.39 is 0 Å². The van der Waals surface area contributed by atoms with Gasteiger partial charge in [0.25, 0.3) is 5.56 Å². The fraction of sp³-hybridized carbons (Fsp3) is 0.455. The van der Waals surface area contributed by atoms with Crippen LogP contribution < -0.4 is 10.5 Å². The van der Waals surface area contributed by atoms with Crippen molar-refractivity contribution in [3.8, 4) is 0 Å². The third-order valence-corrected chi connectivity index (χ3v) is 6.37. The fourth-order valence-electron chi connectivity index (χ4n) is 4.28. The molecule has 2 aliphatic heterocycles. The van der Waals surface area contributed by atoms with Gasteiger partial charge in [-0.2, -0.15) is 9.78 Å². The predicted molar refractivity (Wildman–Crippen MR) is 117 cm³/mol. The van der Waals surface area contributed by atoms with E-state index in [1.807, 2.05) is 25.5 Å². The molecule has 1 unspecified atom stereocenters. The molecule has 5 heterocycles. The molecule has 0 saturated carbocycles. The molecule has 0 radical (unpaired) electrons. The van der Waals surface area contributed by atoms with E-state index in [1.165, 1.54) is 10.4 Å². The lowest BCUT2D eigenvalue weighted by Gasteiger charge is -2.30. The van der Waals surface area contributed by atoms with Crippen LogP contribution in [0.1, 0.15) is 48.1 Å². The summed E-state index contributed by atoms with van der Waals surface area (Å²) in [4.78, 5) is 23.9. The van der Waals surface area contributed by atoms with E-state index >= 15 is 0 Å². The van der Waals surface area contributed by atoms with E-state index in [0.717, 1.165) is 55.7 Å². The highest BCUT2D eigenvalue weighted by Crippen LogP contribution is 2.29. The van der Waals surface area contributed by atoms with Gasteiger partial charge in [0, 0.05) is 37.2 Å². The summed E-state index contributed by atoms with van der Waals surface area (Å²) in [7, 11) is 0. The zero-order valence-corrected chi connectivity index (χ0v) is 18.3. The van der Waals surface area contributed by atoms with Gasteiger partial charge in [-0.15, -0.1) is 0 Å². The van der Waals surface area contributed by atoms with Gasteiger partial charge in [0.2, 0.25) is 0 Å². The molecule has 31 heavy (non-hydrogen) atoms. The van der Waals surface area contributed by atoms with E-state index in [-0.39, 0.29) is 16.8 Å². The largest absolute Gasteiger partial charge is 0.362 e. The maximum absolute atomic E-state index is 12.8. The minimum atomic E-state index is -0.326. The molecule has 0 spiro atoms. The van der Waals surface area contributed by atoms with Crippen LogP contribution in [0.4, 0.5) is 5.69 Å². The number of halogens is 1. The van der Waals surface area contributed by atoms with Gasteiger partial charge in [-0.1, -0.05) is 17.7 Å². The van der Waals surface area contributed by atoms with Gasteiger partial charge >= 0.3 is 0 Å². The molecule has 3 aromatic heterocycles. The molecule has 0 bridgehead atoms. The Balaban J connectivity index is 1.35. The lowest BCUT2D eigenvalue weighted by Crippen LogP contribution is -2.36. The molecule has 5 rings (SSSR count). The smallest absolute Gasteiger partial charge is 0.290 e. The highest BCUT2D eigenvalue weighted by Gasteiger charge is 2.26. The number of hydrogen-bond donors (Lipinski definition) is 0. The second-order valence-corrected chi connectivity index (χ2v) is 8.54. The van der Waals surface area contributed by atoms with E-state index in [0.29, 0.717) is 18.8 Å². The lowest BCUT2D eigenvalue weighted by molar-refractivity contribution is -0.0424. The number of ether oxygens (including phenoxy) is 1. The Hall–Kier alpha value is -2.71. The van der Waals surface area contributed by atoms with E-state index in [1.54, 1.807) is 6.20 Å².